The van der Waals surface area contributed by atoms with Crippen molar-refractivity contribution in [3.63, 3.8) is 0 Å². The van der Waals surface area contributed by atoms with E-state index < -0.39 is 34.5 Å². The Bertz CT molecular complexity index is 1240. The van der Waals surface area contributed by atoms with E-state index in [-0.39, 0.29) is 0 Å². The minimum absolute atomic E-state index is 0.450. The smallest absolute Gasteiger partial charge is 0.219 e. The number of fused-ring (bicyclic) bond motifs is 2. The van der Waals surface area contributed by atoms with Crippen molar-refractivity contribution in [2.24, 2.45) is 10.8 Å². The molecule has 2 aliphatic rings. The van der Waals surface area contributed by atoms with Gasteiger partial charge in [0, 0.05) is 12.5 Å². The lowest BCUT2D eigenvalue weighted by Gasteiger charge is -2.49. The number of hydrogen-bond donors (Lipinski definition) is 1. The number of para-hydroxylation sites is 1. The summed E-state index contributed by atoms with van der Waals surface area (Å²) in [5.74, 6) is -2.40. The van der Waals surface area contributed by atoms with Crippen molar-refractivity contribution in [2.45, 2.75) is 38.6 Å². The number of ether oxygens (including phenoxy) is 3. The third-order valence-electron chi connectivity index (χ3n) is 6.68. The van der Waals surface area contributed by atoms with Crippen LogP contribution in [-0.4, -0.2) is 18.8 Å². The summed E-state index contributed by atoms with van der Waals surface area (Å²) in [5.41, 5.74) is -1.07. The highest BCUT2D eigenvalue weighted by molar-refractivity contribution is 5.90. The first kappa shape index (κ1) is 21.4. The highest BCUT2D eigenvalue weighted by Gasteiger charge is 2.80. The van der Waals surface area contributed by atoms with E-state index in [1.807, 2.05) is 32.0 Å². The van der Waals surface area contributed by atoms with E-state index in [0.29, 0.717) is 16.9 Å². The Hall–Kier alpha value is -3.86. The van der Waals surface area contributed by atoms with Gasteiger partial charge in [0.1, 0.15) is 11.9 Å². The molecule has 0 amide bonds. The lowest BCUT2D eigenvalue weighted by molar-refractivity contribution is -0.253. The lowest BCUT2D eigenvalue weighted by Crippen LogP contribution is -2.57. The van der Waals surface area contributed by atoms with Gasteiger partial charge in [-0.3, -0.25) is 5.41 Å². The molecule has 2 aromatic carbocycles. The van der Waals surface area contributed by atoms with E-state index in [9.17, 15) is 15.8 Å². The predicted molar refractivity (Wildman–Crippen MR) is 114 cm³/mol. The number of nitriles is 3. The molecule has 2 aliphatic heterocycles. The molecular weight excluding hydrogens is 404 g/mol. The van der Waals surface area contributed by atoms with Crippen LogP contribution < -0.4 is 4.74 Å². The van der Waals surface area contributed by atoms with Crippen LogP contribution in [0, 0.1) is 64.1 Å². The maximum Gasteiger partial charge on any atom is 0.219 e. The van der Waals surface area contributed by atoms with E-state index in [1.54, 1.807) is 31.2 Å². The molecular formula is C25H22N4O3. The molecule has 0 aliphatic carbocycles. The molecule has 0 spiro atoms. The van der Waals surface area contributed by atoms with Gasteiger partial charge in [-0.15, -0.1) is 0 Å². The molecule has 2 bridgehead atoms. The van der Waals surface area contributed by atoms with Crippen molar-refractivity contribution in [3.8, 4) is 24.0 Å². The molecule has 4 atom stereocenters. The summed E-state index contributed by atoms with van der Waals surface area (Å²) >= 11 is 0. The van der Waals surface area contributed by atoms with Gasteiger partial charge < -0.3 is 14.2 Å². The van der Waals surface area contributed by atoms with Crippen LogP contribution in [0.4, 0.5) is 0 Å². The van der Waals surface area contributed by atoms with Crippen molar-refractivity contribution >= 4 is 5.90 Å². The fourth-order valence-corrected chi connectivity index (χ4v) is 5.18. The molecule has 7 nitrogen and oxygen atoms in total. The number of nitrogens with zero attached hydrogens (tertiary/aromatic N) is 3. The Morgan fingerprint density at radius 2 is 1.69 bits per heavy atom. The first-order chi connectivity index (χ1) is 15.2. The Morgan fingerprint density at radius 1 is 1.00 bits per heavy atom. The topological polar surface area (TPSA) is 123 Å². The molecule has 4 unspecified atom stereocenters. The van der Waals surface area contributed by atoms with E-state index in [4.69, 9.17) is 19.6 Å². The third kappa shape index (κ3) is 2.45. The highest BCUT2D eigenvalue weighted by atomic mass is 16.7. The van der Waals surface area contributed by atoms with Gasteiger partial charge in [-0.25, -0.2) is 0 Å². The molecule has 0 saturated carbocycles. The monoisotopic (exact) mass is 426 g/mol. The summed E-state index contributed by atoms with van der Waals surface area (Å²) in [7, 11) is 1.50. The average molecular weight is 426 g/mol. The first-order valence-electron chi connectivity index (χ1n) is 10.1. The second-order valence-corrected chi connectivity index (χ2v) is 8.43. The summed E-state index contributed by atoms with van der Waals surface area (Å²) in [6.45, 7) is 5.41. The normalized spacial score (nSPS) is 29.8. The second kappa shape index (κ2) is 7.09. The molecule has 1 N–H and O–H groups in total. The van der Waals surface area contributed by atoms with E-state index in [0.717, 1.165) is 11.1 Å². The van der Waals surface area contributed by atoms with Gasteiger partial charge in [0.25, 0.3) is 0 Å². The quantitative estimate of drug-likeness (QED) is 0.774. The highest BCUT2D eigenvalue weighted by Crippen LogP contribution is 2.70. The van der Waals surface area contributed by atoms with E-state index in [2.05, 4.69) is 18.2 Å². The number of aryl methyl sites for hydroxylation is 2. The van der Waals surface area contributed by atoms with E-state index >= 15 is 0 Å². The number of nitrogens with one attached hydrogen (secondary N) is 1. The van der Waals surface area contributed by atoms with Crippen molar-refractivity contribution < 1.29 is 14.2 Å². The Balaban J connectivity index is 2.08. The van der Waals surface area contributed by atoms with Crippen LogP contribution in [0.2, 0.25) is 0 Å². The molecule has 0 aromatic heterocycles. The molecule has 32 heavy (non-hydrogen) atoms. The minimum atomic E-state index is -2.04. The van der Waals surface area contributed by atoms with Crippen molar-refractivity contribution in [1.29, 1.82) is 21.2 Å². The third-order valence-corrected chi connectivity index (χ3v) is 6.68. The van der Waals surface area contributed by atoms with Crippen molar-refractivity contribution in [2.75, 3.05) is 7.11 Å². The lowest BCUT2D eigenvalue weighted by atomic mass is 9.52. The van der Waals surface area contributed by atoms with Crippen LogP contribution in [0.1, 0.15) is 41.2 Å². The molecule has 160 valence electrons. The maximum absolute atomic E-state index is 10.6. The zero-order chi connectivity index (χ0) is 23.3. The predicted octanol–water partition coefficient (Wildman–Crippen LogP) is 4.43. The Labute approximate surface area is 186 Å². The van der Waals surface area contributed by atoms with E-state index in [1.165, 1.54) is 7.11 Å². The van der Waals surface area contributed by atoms with Gasteiger partial charge in [0.15, 0.2) is 5.41 Å². The van der Waals surface area contributed by atoms with Crippen molar-refractivity contribution in [3.05, 3.63) is 64.7 Å². The molecule has 4 rings (SSSR count). The first-order valence-corrected chi connectivity index (χ1v) is 10.1. The fourth-order valence-electron chi connectivity index (χ4n) is 5.18. The standard InChI is InChI=1S/C25H22N4O3/c1-15-9-10-16(2)18(11-15)21-24(12-26,13-27)25(14-28)20(23(3,31-21)32-22(25)29)17-7-5-6-8-19(17)30-4/h5-11,20-21,29H,1-4H3. The number of methoxy groups -OCH3 is 1. The van der Waals surface area contributed by atoms with Gasteiger partial charge in [-0.05, 0) is 31.0 Å². The van der Waals surface area contributed by atoms with Gasteiger partial charge in [0.05, 0.1) is 31.2 Å². The van der Waals surface area contributed by atoms with Gasteiger partial charge in [0.2, 0.25) is 17.1 Å². The zero-order valence-corrected chi connectivity index (χ0v) is 18.3. The summed E-state index contributed by atoms with van der Waals surface area (Å²) in [6.07, 6.45) is -1.10. The summed E-state index contributed by atoms with van der Waals surface area (Å²) < 4.78 is 17.8. The molecule has 2 aromatic rings. The van der Waals surface area contributed by atoms with Crippen LogP contribution in [-0.2, 0) is 9.47 Å². The SMILES string of the molecule is COc1ccccc1C1C2(C)OC(=N)C1(C#N)C(C#N)(C#N)C(c1cc(C)ccc1C)O2. The zero-order valence-electron chi connectivity index (χ0n) is 18.3. The Kier molecular flexibility index (Phi) is 4.74. The summed E-state index contributed by atoms with van der Waals surface area (Å²) in [5, 5.41) is 40.2. The fraction of sp³-hybridized carbons (Fsp3) is 0.360. The van der Waals surface area contributed by atoms with Gasteiger partial charge >= 0.3 is 0 Å². The molecule has 0 radical (unpaired) electrons. The number of rotatable bonds is 3. The molecule has 7 heteroatoms. The Morgan fingerprint density at radius 3 is 2.31 bits per heavy atom. The number of hydrogen-bond acceptors (Lipinski definition) is 7. The van der Waals surface area contributed by atoms with Crippen LogP contribution in [0.3, 0.4) is 0 Å². The minimum Gasteiger partial charge on any atom is -0.496 e. The van der Waals surface area contributed by atoms with Crippen LogP contribution in [0.25, 0.3) is 0 Å². The summed E-state index contributed by atoms with van der Waals surface area (Å²) in [4.78, 5) is 0. The van der Waals surface area contributed by atoms with Crippen LogP contribution >= 0.6 is 0 Å². The van der Waals surface area contributed by atoms with Crippen LogP contribution in [0.15, 0.2) is 42.5 Å². The average Bonchev–Trinajstić information content (AvgIpc) is 2.97. The number of benzene rings is 2. The maximum atomic E-state index is 10.6. The van der Waals surface area contributed by atoms with Gasteiger partial charge in [-0.2, -0.15) is 15.8 Å². The molecule has 2 fully saturated rings. The van der Waals surface area contributed by atoms with Gasteiger partial charge in [-0.1, -0.05) is 42.0 Å². The second-order valence-electron chi connectivity index (χ2n) is 8.43. The van der Waals surface area contributed by atoms with Crippen molar-refractivity contribution in [1.82, 2.24) is 0 Å². The summed E-state index contributed by atoms with van der Waals surface area (Å²) in [6, 6.07) is 19.1. The molecule has 2 heterocycles. The van der Waals surface area contributed by atoms with Crippen LogP contribution in [0.5, 0.6) is 5.75 Å². The largest absolute Gasteiger partial charge is 0.496 e. The molecule has 2 saturated heterocycles.